The number of phenolic OH excluding ortho intramolecular Hbond substituents is 1. The maximum absolute atomic E-state index is 11.4. The van der Waals surface area contributed by atoms with E-state index in [1.807, 2.05) is 4.90 Å². The number of aromatic hydroxyl groups is 1. The van der Waals surface area contributed by atoms with Gasteiger partial charge < -0.3 is 9.52 Å². The van der Waals surface area contributed by atoms with Gasteiger partial charge in [-0.15, -0.1) is 35.6 Å². The Hall–Kier alpha value is -0.940. The molecule has 1 N–H and O–H groups in total. The molecule has 0 radical (unpaired) electrons. The maximum Gasteiger partial charge on any atom is 0.336 e. The number of alkyl halides is 2. The number of halogens is 3. The molecule has 0 aliphatic carbocycles. The molecule has 1 heterocycles. The molecule has 0 aliphatic rings. The van der Waals surface area contributed by atoms with E-state index in [4.69, 9.17) is 27.6 Å². The van der Waals surface area contributed by atoms with Crippen molar-refractivity contribution in [3.63, 3.8) is 0 Å². The van der Waals surface area contributed by atoms with Gasteiger partial charge in [0.05, 0.1) is 5.56 Å². The van der Waals surface area contributed by atoms with E-state index < -0.39 is 5.63 Å². The number of nitrogens with zero attached hydrogens (tertiary/aromatic N) is 1. The Kier molecular flexibility index (Phi) is 7.32. The topological polar surface area (TPSA) is 53.7 Å². The van der Waals surface area contributed by atoms with Crippen molar-refractivity contribution in [2.45, 2.75) is 6.54 Å². The fourth-order valence-corrected chi connectivity index (χ4v) is 2.54. The average Bonchev–Trinajstić information content (AvgIpc) is 2.42. The average molecular weight is 353 g/mol. The molecule has 0 fully saturated rings. The molecule has 0 atom stereocenters. The molecule has 7 heteroatoms. The number of hydrogen-bond acceptors (Lipinski definition) is 4. The minimum Gasteiger partial charge on any atom is -0.507 e. The molecular formula is C14H16Cl3NO3. The Morgan fingerprint density at radius 3 is 2.33 bits per heavy atom. The highest BCUT2D eigenvalue weighted by Gasteiger charge is 2.14. The van der Waals surface area contributed by atoms with Crippen molar-refractivity contribution in [1.82, 2.24) is 4.90 Å². The predicted octanol–water partition coefficient (Wildman–Crippen LogP) is 3.20. The van der Waals surface area contributed by atoms with Gasteiger partial charge >= 0.3 is 5.63 Å². The van der Waals surface area contributed by atoms with Crippen molar-refractivity contribution in [1.29, 1.82) is 0 Å². The molecule has 0 saturated carbocycles. The number of hydrogen-bond donors (Lipinski definition) is 1. The molecule has 2 aromatic rings. The summed E-state index contributed by atoms with van der Waals surface area (Å²) in [7, 11) is 0. The van der Waals surface area contributed by atoms with Crippen molar-refractivity contribution in [3.05, 3.63) is 40.2 Å². The first-order valence-electron chi connectivity index (χ1n) is 6.24. The summed E-state index contributed by atoms with van der Waals surface area (Å²) in [4.78, 5) is 13.4. The molecule has 2 rings (SSSR count). The number of rotatable bonds is 6. The van der Waals surface area contributed by atoms with E-state index >= 15 is 0 Å². The van der Waals surface area contributed by atoms with Crippen molar-refractivity contribution in [2.24, 2.45) is 0 Å². The molecule has 0 unspecified atom stereocenters. The van der Waals surface area contributed by atoms with Gasteiger partial charge in [-0.1, -0.05) is 0 Å². The number of phenols is 1. The monoisotopic (exact) mass is 351 g/mol. The molecule has 0 spiro atoms. The lowest BCUT2D eigenvalue weighted by Crippen LogP contribution is -2.27. The van der Waals surface area contributed by atoms with Crippen molar-refractivity contribution < 1.29 is 9.52 Å². The molecule has 0 bridgehead atoms. The summed E-state index contributed by atoms with van der Waals surface area (Å²) < 4.78 is 5.22. The number of fused-ring (bicyclic) bond motifs is 1. The van der Waals surface area contributed by atoms with Crippen LogP contribution in [0.15, 0.2) is 33.5 Å². The summed E-state index contributed by atoms with van der Waals surface area (Å²) in [5, 5.41) is 10.8. The summed E-state index contributed by atoms with van der Waals surface area (Å²) in [6.07, 6.45) is 0. The summed E-state index contributed by atoms with van der Waals surface area (Å²) in [5.74, 6) is 1.03. The second-order valence-electron chi connectivity index (χ2n) is 4.39. The quantitative estimate of drug-likeness (QED) is 0.641. The summed E-state index contributed by atoms with van der Waals surface area (Å²) in [5.41, 5.74) is 0.549. The molecule has 0 aliphatic heterocycles. The van der Waals surface area contributed by atoms with Gasteiger partial charge in [0.15, 0.2) is 0 Å². The van der Waals surface area contributed by atoms with Gasteiger partial charge in [0.2, 0.25) is 0 Å². The zero-order valence-electron chi connectivity index (χ0n) is 11.2. The van der Waals surface area contributed by atoms with Gasteiger partial charge in [-0.2, -0.15) is 0 Å². The van der Waals surface area contributed by atoms with Crippen LogP contribution in [0.4, 0.5) is 0 Å². The SMILES string of the molecule is Cl.O=c1ccc2ccc(O)c(CN(CCCl)CCCl)c2o1. The maximum atomic E-state index is 11.4. The minimum absolute atomic E-state index is 0. The van der Waals surface area contributed by atoms with Gasteiger partial charge in [0.25, 0.3) is 0 Å². The second-order valence-corrected chi connectivity index (χ2v) is 5.15. The van der Waals surface area contributed by atoms with Crippen molar-refractivity contribution >= 4 is 46.6 Å². The molecule has 21 heavy (non-hydrogen) atoms. The van der Waals surface area contributed by atoms with E-state index in [1.165, 1.54) is 6.07 Å². The molecule has 0 amide bonds. The third kappa shape index (κ3) is 4.51. The van der Waals surface area contributed by atoms with E-state index in [1.54, 1.807) is 18.2 Å². The fourth-order valence-electron chi connectivity index (χ4n) is 2.07. The van der Waals surface area contributed by atoms with Crippen LogP contribution in [0, 0.1) is 0 Å². The van der Waals surface area contributed by atoms with E-state index in [0.717, 1.165) is 5.39 Å². The Balaban J connectivity index is 0.00000220. The van der Waals surface area contributed by atoms with E-state index in [2.05, 4.69) is 0 Å². The Morgan fingerprint density at radius 2 is 1.71 bits per heavy atom. The van der Waals surface area contributed by atoms with Gasteiger partial charge in [0, 0.05) is 42.8 Å². The van der Waals surface area contributed by atoms with Crippen LogP contribution < -0.4 is 5.63 Å². The lowest BCUT2D eigenvalue weighted by molar-refractivity contribution is 0.293. The normalized spacial score (nSPS) is 10.8. The zero-order valence-corrected chi connectivity index (χ0v) is 13.5. The lowest BCUT2D eigenvalue weighted by atomic mass is 10.1. The molecular weight excluding hydrogens is 337 g/mol. The van der Waals surface area contributed by atoms with Crippen LogP contribution in [-0.2, 0) is 6.54 Å². The third-order valence-electron chi connectivity index (χ3n) is 3.05. The lowest BCUT2D eigenvalue weighted by Gasteiger charge is -2.20. The fraction of sp³-hybridized carbons (Fsp3) is 0.357. The predicted molar refractivity (Wildman–Crippen MR) is 88.1 cm³/mol. The van der Waals surface area contributed by atoms with Crippen molar-refractivity contribution in [3.8, 4) is 5.75 Å². The van der Waals surface area contributed by atoms with Crippen LogP contribution in [0.25, 0.3) is 11.0 Å². The van der Waals surface area contributed by atoms with Crippen LogP contribution >= 0.6 is 35.6 Å². The summed E-state index contributed by atoms with van der Waals surface area (Å²) in [6.45, 7) is 1.71. The highest BCUT2D eigenvalue weighted by atomic mass is 35.5. The van der Waals surface area contributed by atoms with Gasteiger partial charge in [-0.25, -0.2) is 4.79 Å². The Morgan fingerprint density at radius 1 is 1.10 bits per heavy atom. The van der Waals surface area contributed by atoms with Crippen LogP contribution in [0.2, 0.25) is 0 Å². The second kappa shape index (κ2) is 8.49. The highest BCUT2D eigenvalue weighted by Crippen LogP contribution is 2.27. The molecule has 116 valence electrons. The smallest absolute Gasteiger partial charge is 0.336 e. The number of benzene rings is 1. The van der Waals surface area contributed by atoms with E-state index in [-0.39, 0.29) is 18.2 Å². The third-order valence-corrected chi connectivity index (χ3v) is 3.39. The highest BCUT2D eigenvalue weighted by molar-refractivity contribution is 6.18. The summed E-state index contributed by atoms with van der Waals surface area (Å²) in [6, 6.07) is 6.35. The first-order valence-corrected chi connectivity index (χ1v) is 7.31. The van der Waals surface area contributed by atoms with Crippen LogP contribution in [0.3, 0.4) is 0 Å². The standard InChI is InChI=1S/C14H15Cl2NO3.ClH/c15-5-7-17(8-6-16)9-11-12(18)3-1-10-2-4-13(19)20-14(10)11;/h1-4,18H,5-9H2;1H. The minimum atomic E-state index is -0.439. The van der Waals surface area contributed by atoms with Crippen LogP contribution in [-0.4, -0.2) is 34.9 Å². The van der Waals surface area contributed by atoms with E-state index in [9.17, 15) is 9.90 Å². The Bertz CT molecular complexity index is 639. The largest absolute Gasteiger partial charge is 0.507 e. The molecule has 0 saturated heterocycles. The van der Waals surface area contributed by atoms with Gasteiger partial charge in [-0.05, 0) is 18.2 Å². The van der Waals surface area contributed by atoms with Gasteiger partial charge in [-0.3, -0.25) is 4.90 Å². The Labute approximate surface area is 138 Å². The van der Waals surface area contributed by atoms with Crippen LogP contribution in [0.5, 0.6) is 5.75 Å². The molecule has 1 aromatic carbocycles. The zero-order chi connectivity index (χ0) is 14.5. The van der Waals surface area contributed by atoms with Crippen molar-refractivity contribution in [2.75, 3.05) is 24.8 Å². The van der Waals surface area contributed by atoms with Crippen LogP contribution in [0.1, 0.15) is 5.56 Å². The molecule has 4 nitrogen and oxygen atoms in total. The summed E-state index contributed by atoms with van der Waals surface area (Å²) >= 11 is 11.5. The molecule has 1 aromatic heterocycles. The van der Waals surface area contributed by atoms with E-state index in [0.29, 0.717) is 42.5 Å². The first-order chi connectivity index (χ1) is 9.65. The van der Waals surface area contributed by atoms with Gasteiger partial charge in [0.1, 0.15) is 11.3 Å². The first kappa shape index (κ1) is 18.1.